The lowest BCUT2D eigenvalue weighted by Crippen LogP contribution is -2.42. The summed E-state index contributed by atoms with van der Waals surface area (Å²) in [6.07, 6.45) is 10.7. The van der Waals surface area contributed by atoms with E-state index in [1.54, 1.807) is 0 Å². The van der Waals surface area contributed by atoms with Crippen molar-refractivity contribution in [1.82, 2.24) is 0 Å². The molecular weight excluding hydrogens is 214 g/mol. The molecule has 2 heteroatoms. The summed E-state index contributed by atoms with van der Waals surface area (Å²) >= 11 is 0. The largest absolute Gasteiger partial charge is 0.0914 e. The molecule has 2 aliphatic carbocycles. The fraction of sp³-hybridized carbons (Fsp3) is 1.00. The number of fused-ring (bicyclic) bond motifs is 1. The molecule has 0 spiro atoms. The van der Waals surface area contributed by atoms with E-state index in [0.717, 1.165) is 18.3 Å². The number of hydrogen-bond acceptors (Lipinski definition) is 0. The van der Waals surface area contributed by atoms with Crippen LogP contribution >= 0.6 is 0 Å². The monoisotopic (exact) mass is 242 g/mol. The molecule has 0 bridgehead atoms. The lowest BCUT2D eigenvalue weighted by atomic mass is 9.35. The molecule has 4 radical (unpaired) electrons. The second-order valence-corrected chi connectivity index (χ2v) is 7.49. The first-order chi connectivity index (χ1) is 8.38. The van der Waals surface area contributed by atoms with Gasteiger partial charge >= 0.3 is 0 Å². The average Bonchev–Trinajstić information content (AvgIpc) is 2.37. The number of hydrogen-bond donors (Lipinski definition) is 0. The molecule has 3 atom stereocenters. The van der Waals surface area contributed by atoms with Gasteiger partial charge < -0.3 is 0 Å². The van der Waals surface area contributed by atoms with E-state index < -0.39 is 5.21 Å². The van der Waals surface area contributed by atoms with Crippen molar-refractivity contribution in [3.63, 3.8) is 0 Å². The fourth-order valence-corrected chi connectivity index (χ4v) is 4.17. The molecule has 0 N–H and O–H groups in total. The molecule has 0 saturated heterocycles. The zero-order chi connectivity index (χ0) is 13.4. The lowest BCUT2D eigenvalue weighted by Gasteiger charge is -2.53. The van der Waals surface area contributed by atoms with Crippen LogP contribution in [-0.2, 0) is 0 Å². The Bertz CT molecular complexity index is 283. The van der Waals surface area contributed by atoms with Gasteiger partial charge in [0.25, 0.3) is 0 Å². The SMILES string of the molecule is [B]C([B])(C1CCC2CCCCC2C1)C(C)(C)CC. The Kier molecular flexibility index (Phi) is 4.24. The van der Waals surface area contributed by atoms with Crippen molar-refractivity contribution < 1.29 is 0 Å². The average molecular weight is 242 g/mol. The Labute approximate surface area is 117 Å². The minimum absolute atomic E-state index is 0.0408. The van der Waals surface area contributed by atoms with Gasteiger partial charge in [-0.2, -0.15) is 0 Å². The van der Waals surface area contributed by atoms with Gasteiger partial charge in [0.2, 0.25) is 0 Å². The van der Waals surface area contributed by atoms with E-state index in [1.807, 2.05) is 0 Å². The van der Waals surface area contributed by atoms with Gasteiger partial charge in [0, 0.05) is 0 Å². The molecule has 2 saturated carbocycles. The molecular formula is C16H28B2. The molecule has 0 aliphatic heterocycles. The zero-order valence-corrected chi connectivity index (χ0v) is 12.5. The van der Waals surface area contributed by atoms with E-state index >= 15 is 0 Å². The Morgan fingerprint density at radius 1 is 0.944 bits per heavy atom. The Balaban J connectivity index is 2.06. The molecule has 0 aromatic carbocycles. The molecule has 2 aliphatic rings. The molecule has 0 aromatic rings. The van der Waals surface area contributed by atoms with Crippen LogP contribution < -0.4 is 0 Å². The summed E-state index contributed by atoms with van der Waals surface area (Å²) in [7, 11) is 13.2. The molecule has 98 valence electrons. The van der Waals surface area contributed by atoms with E-state index in [9.17, 15) is 0 Å². The van der Waals surface area contributed by atoms with Gasteiger partial charge in [-0.05, 0) is 30.1 Å². The van der Waals surface area contributed by atoms with Crippen LogP contribution in [0.4, 0.5) is 0 Å². The summed E-state index contributed by atoms with van der Waals surface area (Å²) in [5, 5.41) is -0.496. The van der Waals surface area contributed by atoms with Crippen LogP contribution in [0.2, 0.25) is 5.21 Å². The Hall–Kier alpha value is 0.130. The molecule has 3 unspecified atom stereocenters. The third kappa shape index (κ3) is 2.54. The molecule has 0 heterocycles. The fourth-order valence-electron chi connectivity index (χ4n) is 4.17. The summed E-state index contributed by atoms with van der Waals surface area (Å²) in [5.74, 6) is 2.42. The summed E-state index contributed by atoms with van der Waals surface area (Å²) in [5.41, 5.74) is 0.0408. The van der Waals surface area contributed by atoms with Crippen LogP contribution in [0, 0.1) is 23.2 Å². The highest BCUT2D eigenvalue weighted by Gasteiger charge is 2.44. The van der Waals surface area contributed by atoms with E-state index in [2.05, 4.69) is 20.8 Å². The maximum atomic E-state index is 6.58. The second kappa shape index (κ2) is 5.25. The van der Waals surface area contributed by atoms with Crippen molar-refractivity contribution >= 4 is 15.7 Å². The zero-order valence-electron chi connectivity index (χ0n) is 12.5. The first-order valence-corrected chi connectivity index (χ1v) is 7.96. The molecule has 0 amide bonds. The summed E-state index contributed by atoms with van der Waals surface area (Å²) in [6, 6.07) is 0. The highest BCUT2D eigenvalue weighted by molar-refractivity contribution is 6.40. The van der Waals surface area contributed by atoms with Crippen molar-refractivity contribution in [2.24, 2.45) is 23.2 Å². The van der Waals surface area contributed by atoms with Crippen molar-refractivity contribution in [3.05, 3.63) is 0 Å². The van der Waals surface area contributed by atoms with Crippen molar-refractivity contribution in [1.29, 1.82) is 0 Å². The highest BCUT2D eigenvalue weighted by atomic mass is 14.4. The van der Waals surface area contributed by atoms with E-state index in [0.29, 0.717) is 5.92 Å². The molecule has 18 heavy (non-hydrogen) atoms. The maximum Gasteiger partial charge on any atom is 0.0631 e. The van der Waals surface area contributed by atoms with Crippen LogP contribution in [0.25, 0.3) is 0 Å². The van der Waals surface area contributed by atoms with Crippen LogP contribution in [-0.4, -0.2) is 15.7 Å². The number of rotatable bonds is 3. The standard InChI is InChI=1S/C16H28B2/c1-4-15(2,3)16(17,18)14-10-9-12-7-5-6-8-13(12)11-14/h12-14H,4-11H2,1-3H3. The third-order valence-electron chi connectivity index (χ3n) is 6.27. The quantitative estimate of drug-likeness (QED) is 0.640. The van der Waals surface area contributed by atoms with Crippen molar-refractivity contribution in [3.8, 4) is 0 Å². The van der Waals surface area contributed by atoms with Gasteiger partial charge in [-0.15, -0.1) is 0 Å². The third-order valence-corrected chi connectivity index (χ3v) is 6.27. The normalized spacial score (nSPS) is 34.1. The molecule has 0 nitrogen and oxygen atoms in total. The van der Waals surface area contributed by atoms with Gasteiger partial charge in [0.15, 0.2) is 0 Å². The van der Waals surface area contributed by atoms with Crippen molar-refractivity contribution in [2.75, 3.05) is 0 Å². The van der Waals surface area contributed by atoms with Gasteiger partial charge in [-0.25, -0.2) is 0 Å². The smallest absolute Gasteiger partial charge is 0.0631 e. The van der Waals surface area contributed by atoms with Crippen LogP contribution in [0.1, 0.15) is 72.1 Å². The van der Waals surface area contributed by atoms with E-state index in [4.69, 9.17) is 15.7 Å². The molecule has 2 rings (SSSR count). The van der Waals surface area contributed by atoms with Gasteiger partial charge in [0.05, 0.1) is 15.7 Å². The Morgan fingerprint density at radius 2 is 1.56 bits per heavy atom. The first kappa shape index (κ1) is 14.5. The predicted octanol–water partition coefficient (Wildman–Crippen LogP) is 4.48. The highest BCUT2D eigenvalue weighted by Crippen LogP contribution is 2.56. The first-order valence-electron chi connectivity index (χ1n) is 7.96. The van der Waals surface area contributed by atoms with Crippen LogP contribution in [0.5, 0.6) is 0 Å². The summed E-state index contributed by atoms with van der Waals surface area (Å²) in [6.45, 7) is 6.68. The summed E-state index contributed by atoms with van der Waals surface area (Å²) < 4.78 is 0. The van der Waals surface area contributed by atoms with Crippen molar-refractivity contribution in [2.45, 2.75) is 77.4 Å². The summed E-state index contributed by atoms with van der Waals surface area (Å²) in [4.78, 5) is 0. The second-order valence-electron chi connectivity index (χ2n) is 7.49. The minimum Gasteiger partial charge on any atom is -0.0914 e. The van der Waals surface area contributed by atoms with Gasteiger partial charge in [-0.1, -0.05) is 70.4 Å². The van der Waals surface area contributed by atoms with Crippen LogP contribution in [0.3, 0.4) is 0 Å². The van der Waals surface area contributed by atoms with Gasteiger partial charge in [-0.3, -0.25) is 0 Å². The van der Waals surface area contributed by atoms with Gasteiger partial charge in [0.1, 0.15) is 0 Å². The van der Waals surface area contributed by atoms with E-state index in [-0.39, 0.29) is 5.41 Å². The predicted molar refractivity (Wildman–Crippen MR) is 81.1 cm³/mol. The molecule has 0 aromatic heterocycles. The lowest BCUT2D eigenvalue weighted by molar-refractivity contribution is 0.0898. The van der Waals surface area contributed by atoms with Crippen LogP contribution in [0.15, 0.2) is 0 Å². The maximum absolute atomic E-state index is 6.58. The minimum atomic E-state index is -0.496. The van der Waals surface area contributed by atoms with E-state index in [1.165, 1.54) is 44.9 Å². The Morgan fingerprint density at radius 3 is 2.17 bits per heavy atom. The molecule has 2 fully saturated rings. The topological polar surface area (TPSA) is 0 Å².